The van der Waals surface area contributed by atoms with Crippen molar-refractivity contribution in [3.05, 3.63) is 24.0 Å². The summed E-state index contributed by atoms with van der Waals surface area (Å²) in [6.07, 6.45) is -2.93. The van der Waals surface area contributed by atoms with Crippen LogP contribution in [-0.4, -0.2) is 35.1 Å². The highest BCUT2D eigenvalue weighted by atomic mass is 32.3. The molecule has 1 aromatic carbocycles. The number of hydrogen-bond acceptors (Lipinski definition) is 5. The van der Waals surface area contributed by atoms with Crippen molar-refractivity contribution in [2.45, 2.75) is 18.5 Å². The van der Waals surface area contributed by atoms with Crippen LogP contribution in [0.2, 0.25) is 0 Å². The maximum atomic E-state index is 12.9. The third-order valence-corrected chi connectivity index (χ3v) is 4.42. The van der Waals surface area contributed by atoms with E-state index < -0.39 is 33.2 Å². The average molecular weight is 404 g/mol. The molecule has 0 saturated heterocycles. The number of hydrogen-bond donors (Lipinski definition) is 0. The average Bonchev–Trinajstić information content (AvgIpc) is 2.70. The van der Waals surface area contributed by atoms with E-state index in [9.17, 15) is 30.4 Å². The Labute approximate surface area is 146 Å². The molecule has 0 radical (unpaired) electrons. The van der Waals surface area contributed by atoms with Crippen LogP contribution in [0.25, 0.3) is 11.0 Å². The van der Waals surface area contributed by atoms with E-state index in [1.165, 1.54) is 26.4 Å². The van der Waals surface area contributed by atoms with Crippen LogP contribution < -0.4 is 4.57 Å². The van der Waals surface area contributed by atoms with E-state index in [0.29, 0.717) is 15.9 Å². The van der Waals surface area contributed by atoms with Gasteiger partial charge < -0.3 is 4.55 Å². The summed E-state index contributed by atoms with van der Waals surface area (Å²) in [6, 6.07) is 4.67. The molecule has 0 N–H and O–H groups in total. The Kier molecular flexibility index (Phi) is 7.76. The van der Waals surface area contributed by atoms with Crippen molar-refractivity contribution in [3.8, 4) is 0 Å². The second-order valence-corrected chi connectivity index (χ2v) is 7.15. The molecule has 144 valence electrons. The first-order valence-corrected chi connectivity index (χ1v) is 9.09. The number of aryl methyl sites for hydroxylation is 2. The maximum absolute atomic E-state index is 12.9. The summed E-state index contributed by atoms with van der Waals surface area (Å²) in [5.74, 6) is -0.739. The topological polar surface area (TPSA) is 92.3 Å². The molecule has 1 aromatic heterocycles. The fourth-order valence-electron chi connectivity index (χ4n) is 2.07. The van der Waals surface area contributed by atoms with Gasteiger partial charge in [0, 0.05) is 28.0 Å². The monoisotopic (exact) mass is 404 g/mol. The number of rotatable bonds is 2. The number of nitrogens with zero attached hydrogens (tertiary/aromatic N) is 2. The molecule has 0 aliphatic carbocycles. The molecule has 0 saturated carbocycles. The minimum Gasteiger partial charge on any atom is -0.726 e. The highest BCUT2D eigenvalue weighted by molar-refractivity contribution is 7.84. The van der Waals surface area contributed by atoms with E-state index in [0.717, 1.165) is 16.2 Å². The predicted octanol–water partition coefficient (Wildman–Crippen LogP) is 1.49. The molecule has 1 atom stereocenters. The fraction of sp³-hybridized carbons (Fsp3) is 0.462. The van der Waals surface area contributed by atoms with Gasteiger partial charge in [-0.05, 0) is 12.1 Å². The van der Waals surface area contributed by atoms with Crippen LogP contribution in [0.3, 0.4) is 0 Å². The number of fused-ring (bicyclic) bond motifs is 1. The lowest BCUT2D eigenvalue weighted by atomic mass is 10.3. The Balaban J connectivity index is 0.000000715. The molecule has 0 aliphatic heterocycles. The van der Waals surface area contributed by atoms with Crippen LogP contribution >= 0.6 is 0 Å². The number of halogens is 3. The molecule has 0 bridgehead atoms. The molecule has 0 fully saturated rings. The van der Waals surface area contributed by atoms with E-state index in [1.54, 1.807) is 12.1 Å². The van der Waals surface area contributed by atoms with Crippen molar-refractivity contribution < 1.29 is 39.1 Å². The Morgan fingerprint density at radius 1 is 1.32 bits per heavy atom. The van der Waals surface area contributed by atoms with Crippen LogP contribution in [-0.2, 0) is 45.7 Å². The quantitative estimate of drug-likeness (QED) is 0.430. The molecule has 0 amide bonds. The third kappa shape index (κ3) is 5.76. The van der Waals surface area contributed by atoms with Crippen molar-refractivity contribution in [2.24, 2.45) is 14.1 Å². The molecule has 7 nitrogen and oxygen atoms in total. The van der Waals surface area contributed by atoms with Crippen LogP contribution in [0.5, 0.6) is 0 Å². The third-order valence-electron chi connectivity index (χ3n) is 3.09. The molecule has 2 rings (SSSR count). The van der Waals surface area contributed by atoms with E-state index in [-0.39, 0.29) is 7.43 Å². The number of alkyl halides is 3. The molecule has 0 aliphatic rings. The van der Waals surface area contributed by atoms with Gasteiger partial charge in [-0.2, -0.15) is 13.2 Å². The van der Waals surface area contributed by atoms with Gasteiger partial charge in [-0.15, -0.1) is 0 Å². The summed E-state index contributed by atoms with van der Waals surface area (Å²) in [6.45, 7) is 0. The lowest BCUT2D eigenvalue weighted by Gasteiger charge is -2.01. The van der Waals surface area contributed by atoms with Gasteiger partial charge in [0.2, 0.25) is 10.4 Å². The van der Waals surface area contributed by atoms with E-state index >= 15 is 0 Å². The highest BCUT2D eigenvalue weighted by Gasteiger charge is 2.45. The van der Waals surface area contributed by atoms with Gasteiger partial charge in [-0.1, -0.05) is 7.43 Å². The molecule has 25 heavy (non-hydrogen) atoms. The van der Waals surface area contributed by atoms with Crippen molar-refractivity contribution in [3.63, 3.8) is 0 Å². The molecule has 1 heterocycles. The highest BCUT2D eigenvalue weighted by Crippen LogP contribution is 2.29. The maximum Gasteiger partial charge on any atom is 0.495 e. The molecular formula is C13H19F3N2O5S2. The summed E-state index contributed by atoms with van der Waals surface area (Å²) in [7, 11) is -2.10. The van der Waals surface area contributed by atoms with Crippen LogP contribution in [0.1, 0.15) is 13.3 Å². The number of imidazole rings is 1. The lowest BCUT2D eigenvalue weighted by molar-refractivity contribution is -0.667. The Bertz CT molecular complexity index is 876. The van der Waals surface area contributed by atoms with Gasteiger partial charge in [0.1, 0.15) is 0 Å². The summed E-state index contributed by atoms with van der Waals surface area (Å²) >= 11 is 0. The van der Waals surface area contributed by atoms with E-state index in [2.05, 4.69) is 4.18 Å². The number of benzene rings is 1. The van der Waals surface area contributed by atoms with E-state index in [4.69, 9.17) is 0 Å². The first-order chi connectivity index (χ1) is 10.8. The minimum absolute atomic E-state index is 0. The van der Waals surface area contributed by atoms with Crippen LogP contribution in [0.15, 0.2) is 23.1 Å². The predicted molar refractivity (Wildman–Crippen MR) is 84.9 cm³/mol. The van der Waals surface area contributed by atoms with Gasteiger partial charge in [0.25, 0.3) is 0 Å². The molecule has 1 unspecified atom stereocenters. The van der Waals surface area contributed by atoms with Crippen molar-refractivity contribution >= 4 is 32.2 Å². The van der Waals surface area contributed by atoms with Gasteiger partial charge in [-0.25, -0.2) is 17.6 Å². The van der Waals surface area contributed by atoms with Crippen LogP contribution in [0, 0.1) is 0 Å². The largest absolute Gasteiger partial charge is 0.726 e. The SMILES string of the molecule is C.COS(=O)(=O)[O-].Cn1c(C(F)(F)F)[n+](C)c2ccc(S(C)=O)cc21. The lowest BCUT2D eigenvalue weighted by Crippen LogP contribution is -2.37. The van der Waals surface area contributed by atoms with Crippen molar-refractivity contribution in [2.75, 3.05) is 13.4 Å². The molecular weight excluding hydrogens is 385 g/mol. The zero-order chi connectivity index (χ0) is 18.9. The summed E-state index contributed by atoms with van der Waals surface area (Å²) in [5, 5.41) is 0. The second kappa shape index (κ2) is 8.25. The zero-order valence-corrected chi connectivity index (χ0v) is 14.8. The Hall–Kier alpha value is -1.50. The summed E-state index contributed by atoms with van der Waals surface area (Å²) in [5.41, 5.74) is 0.872. The minimum atomic E-state index is -4.42. The smallest absolute Gasteiger partial charge is 0.495 e. The molecule has 12 heteroatoms. The van der Waals surface area contributed by atoms with Gasteiger partial charge in [-0.3, -0.25) is 8.39 Å². The molecule has 2 aromatic rings. The van der Waals surface area contributed by atoms with Gasteiger partial charge >= 0.3 is 12.0 Å². The first-order valence-electron chi connectivity index (χ1n) is 6.20. The van der Waals surface area contributed by atoms with Crippen LogP contribution in [0.4, 0.5) is 13.2 Å². The standard InChI is InChI=1S/C11H12F3N2OS.CH4O4S.CH4/c1-15-8-5-4-7(18(3)17)6-9(8)16(2)10(15)11(12,13)14;1-5-6(2,3)4;/h4-6H,1-3H3;1H3,(H,2,3,4);1H4/q+1;;/p-1. The number of aromatic nitrogens is 2. The Morgan fingerprint density at radius 2 is 1.80 bits per heavy atom. The van der Waals surface area contributed by atoms with Gasteiger partial charge in [0.15, 0.2) is 11.0 Å². The van der Waals surface area contributed by atoms with Gasteiger partial charge in [0.05, 0.1) is 21.2 Å². The van der Waals surface area contributed by atoms with Crippen molar-refractivity contribution in [1.29, 1.82) is 0 Å². The zero-order valence-electron chi connectivity index (χ0n) is 13.1. The second-order valence-electron chi connectivity index (χ2n) is 4.62. The molecule has 0 spiro atoms. The van der Waals surface area contributed by atoms with E-state index in [1.807, 2.05) is 0 Å². The first kappa shape index (κ1) is 23.5. The summed E-state index contributed by atoms with van der Waals surface area (Å²) in [4.78, 5) is 0.512. The normalized spacial score (nSPS) is 13.0. The van der Waals surface area contributed by atoms with Crippen molar-refractivity contribution in [1.82, 2.24) is 4.57 Å². The Morgan fingerprint density at radius 3 is 2.16 bits per heavy atom. The summed E-state index contributed by atoms with van der Waals surface area (Å²) < 4.78 is 83.3. The fourth-order valence-corrected chi connectivity index (χ4v) is 2.61.